The minimum Gasteiger partial charge on any atom is -0.361 e. The average Bonchev–Trinajstić information content (AvgIpc) is 3.30. The summed E-state index contributed by atoms with van der Waals surface area (Å²) in [5.74, 6) is 1.38. The smallest absolute Gasteiger partial charge is 0.319 e. The predicted octanol–water partition coefficient (Wildman–Crippen LogP) is 2.39. The Labute approximate surface area is 142 Å². The number of anilines is 2. The van der Waals surface area contributed by atoms with Crippen LogP contribution in [0.4, 0.5) is 16.3 Å². The number of pyridine rings is 1. The summed E-state index contributed by atoms with van der Waals surface area (Å²) < 4.78 is 1.92. The SMILES string of the molecule is Cc1ccc(NC(=O)NCc2cc(C3CC3)n(C)n2)c(N(C)C)n1. The van der Waals surface area contributed by atoms with Crippen LogP contribution < -0.4 is 15.5 Å². The van der Waals surface area contributed by atoms with E-state index in [2.05, 4.69) is 26.8 Å². The number of hydrogen-bond donors (Lipinski definition) is 2. The van der Waals surface area contributed by atoms with Crippen LogP contribution in [0, 0.1) is 6.92 Å². The molecule has 2 heterocycles. The minimum absolute atomic E-state index is 0.262. The molecule has 0 unspecified atom stereocenters. The van der Waals surface area contributed by atoms with Gasteiger partial charge in [-0.1, -0.05) is 0 Å². The lowest BCUT2D eigenvalue weighted by Gasteiger charge is -2.17. The number of rotatable bonds is 5. The standard InChI is InChI=1S/C17H24N6O/c1-11-5-8-14(16(19-11)22(2)3)20-17(24)18-10-13-9-15(12-6-7-12)23(4)21-13/h5,8-9,12H,6-7,10H2,1-4H3,(H2,18,20,24). The predicted molar refractivity (Wildman–Crippen MR) is 94.3 cm³/mol. The van der Waals surface area contributed by atoms with Crippen molar-refractivity contribution in [2.45, 2.75) is 32.2 Å². The van der Waals surface area contributed by atoms with Gasteiger partial charge in [0, 0.05) is 38.4 Å². The molecule has 0 atom stereocenters. The number of urea groups is 1. The Hall–Kier alpha value is -2.57. The molecule has 0 spiro atoms. The van der Waals surface area contributed by atoms with Gasteiger partial charge in [0.25, 0.3) is 0 Å². The fourth-order valence-electron chi connectivity index (χ4n) is 2.71. The number of carbonyl (C=O) groups is 1. The van der Waals surface area contributed by atoms with E-state index in [9.17, 15) is 4.79 Å². The third kappa shape index (κ3) is 3.67. The first kappa shape index (κ1) is 16.3. The van der Waals surface area contributed by atoms with Crippen LogP contribution in [-0.2, 0) is 13.6 Å². The molecule has 2 aromatic heterocycles. The van der Waals surface area contributed by atoms with Gasteiger partial charge in [-0.05, 0) is 38.0 Å². The van der Waals surface area contributed by atoms with Crippen molar-refractivity contribution < 1.29 is 4.79 Å². The van der Waals surface area contributed by atoms with Gasteiger partial charge in [0.05, 0.1) is 17.9 Å². The summed E-state index contributed by atoms with van der Waals surface area (Å²) in [6.45, 7) is 2.33. The van der Waals surface area contributed by atoms with Crippen molar-refractivity contribution in [3.63, 3.8) is 0 Å². The maximum absolute atomic E-state index is 12.2. The lowest BCUT2D eigenvalue weighted by Crippen LogP contribution is -2.29. The molecule has 1 fully saturated rings. The Bertz CT molecular complexity index is 748. The third-order valence-corrected chi connectivity index (χ3v) is 4.08. The quantitative estimate of drug-likeness (QED) is 0.884. The lowest BCUT2D eigenvalue weighted by atomic mass is 10.2. The fraction of sp³-hybridized carbons (Fsp3) is 0.471. The number of nitrogens with one attached hydrogen (secondary N) is 2. The molecular formula is C17H24N6O. The molecule has 0 aliphatic heterocycles. The molecule has 1 aliphatic carbocycles. The van der Waals surface area contributed by atoms with Crippen LogP contribution in [0.2, 0.25) is 0 Å². The molecule has 2 amide bonds. The summed E-state index contributed by atoms with van der Waals surface area (Å²) in [5.41, 5.74) is 3.72. The molecule has 24 heavy (non-hydrogen) atoms. The number of aromatic nitrogens is 3. The molecule has 0 aromatic carbocycles. The molecule has 7 heteroatoms. The Morgan fingerprint density at radius 3 is 2.79 bits per heavy atom. The summed E-state index contributed by atoms with van der Waals surface area (Å²) in [4.78, 5) is 18.5. The largest absolute Gasteiger partial charge is 0.361 e. The zero-order valence-electron chi connectivity index (χ0n) is 14.6. The van der Waals surface area contributed by atoms with E-state index in [0.717, 1.165) is 17.2 Å². The van der Waals surface area contributed by atoms with Gasteiger partial charge in [-0.15, -0.1) is 0 Å². The second-order valence-corrected chi connectivity index (χ2v) is 6.48. The first-order valence-electron chi connectivity index (χ1n) is 8.16. The number of amides is 2. The Balaban J connectivity index is 1.61. The van der Waals surface area contributed by atoms with Gasteiger partial charge in [-0.2, -0.15) is 5.10 Å². The van der Waals surface area contributed by atoms with E-state index in [1.807, 2.05) is 49.8 Å². The lowest BCUT2D eigenvalue weighted by molar-refractivity contribution is 0.251. The Morgan fingerprint density at radius 1 is 1.38 bits per heavy atom. The fourth-order valence-corrected chi connectivity index (χ4v) is 2.71. The first-order valence-corrected chi connectivity index (χ1v) is 8.16. The summed E-state index contributed by atoms with van der Waals surface area (Å²) in [6, 6.07) is 5.56. The van der Waals surface area contributed by atoms with E-state index >= 15 is 0 Å². The minimum atomic E-state index is -0.262. The van der Waals surface area contributed by atoms with Crippen molar-refractivity contribution in [3.8, 4) is 0 Å². The molecule has 128 valence electrons. The number of hydrogen-bond acceptors (Lipinski definition) is 4. The van der Waals surface area contributed by atoms with Crippen molar-refractivity contribution in [3.05, 3.63) is 35.3 Å². The maximum Gasteiger partial charge on any atom is 0.319 e. The van der Waals surface area contributed by atoms with Crippen molar-refractivity contribution in [2.75, 3.05) is 24.3 Å². The topological polar surface area (TPSA) is 75.1 Å². The van der Waals surface area contributed by atoms with Crippen LogP contribution in [-0.4, -0.2) is 34.9 Å². The van der Waals surface area contributed by atoms with Gasteiger partial charge >= 0.3 is 6.03 Å². The molecule has 1 saturated carbocycles. The highest BCUT2D eigenvalue weighted by Gasteiger charge is 2.27. The number of carbonyl (C=O) groups excluding carboxylic acids is 1. The van der Waals surface area contributed by atoms with Gasteiger partial charge in [-0.3, -0.25) is 4.68 Å². The monoisotopic (exact) mass is 328 g/mol. The van der Waals surface area contributed by atoms with Crippen molar-refractivity contribution in [2.24, 2.45) is 7.05 Å². The van der Waals surface area contributed by atoms with E-state index in [1.54, 1.807) is 0 Å². The second-order valence-electron chi connectivity index (χ2n) is 6.48. The van der Waals surface area contributed by atoms with Crippen LogP contribution in [0.5, 0.6) is 0 Å². The molecular weight excluding hydrogens is 304 g/mol. The van der Waals surface area contributed by atoms with Crippen molar-refractivity contribution in [1.82, 2.24) is 20.1 Å². The van der Waals surface area contributed by atoms with Crippen molar-refractivity contribution >= 4 is 17.5 Å². The third-order valence-electron chi connectivity index (χ3n) is 4.08. The van der Waals surface area contributed by atoms with E-state index in [4.69, 9.17) is 0 Å². The van der Waals surface area contributed by atoms with Gasteiger partial charge in [0.1, 0.15) is 0 Å². The van der Waals surface area contributed by atoms with Crippen LogP contribution in [0.3, 0.4) is 0 Å². The van der Waals surface area contributed by atoms with Gasteiger partial charge in [-0.25, -0.2) is 9.78 Å². The van der Waals surface area contributed by atoms with E-state index in [-0.39, 0.29) is 6.03 Å². The number of nitrogens with zero attached hydrogens (tertiary/aromatic N) is 4. The highest BCUT2D eigenvalue weighted by molar-refractivity contribution is 5.92. The van der Waals surface area contributed by atoms with Crippen LogP contribution >= 0.6 is 0 Å². The van der Waals surface area contributed by atoms with Crippen LogP contribution in [0.15, 0.2) is 18.2 Å². The normalized spacial score (nSPS) is 13.7. The van der Waals surface area contributed by atoms with Gasteiger partial charge < -0.3 is 15.5 Å². The molecule has 0 bridgehead atoms. The average molecular weight is 328 g/mol. The zero-order chi connectivity index (χ0) is 17.3. The first-order chi connectivity index (χ1) is 11.4. The molecule has 2 N–H and O–H groups in total. The van der Waals surface area contributed by atoms with Crippen LogP contribution in [0.25, 0.3) is 0 Å². The van der Waals surface area contributed by atoms with E-state index in [1.165, 1.54) is 18.5 Å². The molecule has 7 nitrogen and oxygen atoms in total. The molecule has 3 rings (SSSR count). The molecule has 1 aliphatic rings. The van der Waals surface area contributed by atoms with Gasteiger partial charge in [0.2, 0.25) is 0 Å². The summed E-state index contributed by atoms with van der Waals surface area (Å²) in [7, 11) is 5.76. The molecule has 0 saturated heterocycles. The number of aryl methyl sites for hydroxylation is 2. The van der Waals surface area contributed by atoms with E-state index < -0.39 is 0 Å². The Kier molecular flexibility index (Phi) is 4.42. The summed E-state index contributed by atoms with van der Waals surface area (Å²) in [5, 5.41) is 10.2. The molecule has 2 aromatic rings. The highest BCUT2D eigenvalue weighted by atomic mass is 16.2. The Morgan fingerprint density at radius 2 is 2.12 bits per heavy atom. The highest BCUT2D eigenvalue weighted by Crippen LogP contribution is 2.39. The zero-order valence-corrected chi connectivity index (χ0v) is 14.6. The van der Waals surface area contributed by atoms with Crippen molar-refractivity contribution in [1.29, 1.82) is 0 Å². The van der Waals surface area contributed by atoms with Gasteiger partial charge in [0.15, 0.2) is 5.82 Å². The molecule has 0 radical (unpaired) electrons. The summed E-state index contributed by atoms with van der Waals surface area (Å²) in [6.07, 6.45) is 2.47. The summed E-state index contributed by atoms with van der Waals surface area (Å²) >= 11 is 0. The van der Waals surface area contributed by atoms with Crippen LogP contribution in [0.1, 0.15) is 35.8 Å². The maximum atomic E-state index is 12.2. The van der Waals surface area contributed by atoms with E-state index in [0.29, 0.717) is 18.2 Å². The second kappa shape index (κ2) is 6.51.